The first kappa shape index (κ1) is 20.6. The first-order valence-electron chi connectivity index (χ1n) is 8.45. The van der Waals surface area contributed by atoms with Crippen molar-refractivity contribution < 1.29 is 17.6 Å². The van der Waals surface area contributed by atoms with Crippen molar-refractivity contribution in [3.05, 3.63) is 95.3 Å². The minimum absolute atomic E-state index is 0.0392. The Morgan fingerprint density at radius 3 is 2.28 bits per heavy atom. The molecule has 5 nitrogen and oxygen atoms in total. The van der Waals surface area contributed by atoms with Crippen LogP contribution in [0.25, 0.3) is 6.08 Å². The van der Waals surface area contributed by atoms with E-state index in [2.05, 4.69) is 10.0 Å². The molecule has 0 saturated carbocycles. The Morgan fingerprint density at radius 1 is 0.931 bits per heavy atom. The average molecular weight is 431 g/mol. The summed E-state index contributed by atoms with van der Waals surface area (Å²) in [6.07, 6.45) is 2.85. The van der Waals surface area contributed by atoms with Crippen LogP contribution in [0.5, 0.6) is 0 Å². The van der Waals surface area contributed by atoms with Crippen LogP contribution in [0.4, 0.5) is 15.8 Å². The Labute approximate surface area is 172 Å². The van der Waals surface area contributed by atoms with Crippen molar-refractivity contribution in [1.29, 1.82) is 0 Å². The topological polar surface area (TPSA) is 75.3 Å². The first-order valence-corrected chi connectivity index (χ1v) is 10.3. The van der Waals surface area contributed by atoms with Gasteiger partial charge in [0.05, 0.1) is 10.6 Å². The number of benzene rings is 3. The molecule has 3 aromatic rings. The van der Waals surface area contributed by atoms with E-state index in [1.54, 1.807) is 36.4 Å². The number of sulfonamides is 1. The lowest BCUT2D eigenvalue weighted by molar-refractivity contribution is -0.111. The molecular weight excluding hydrogens is 415 g/mol. The van der Waals surface area contributed by atoms with Crippen LogP contribution in [-0.4, -0.2) is 14.3 Å². The molecule has 3 rings (SSSR count). The van der Waals surface area contributed by atoms with Gasteiger partial charge in [-0.3, -0.25) is 9.52 Å². The molecule has 0 heterocycles. The number of halogens is 2. The van der Waals surface area contributed by atoms with Crippen molar-refractivity contribution in [1.82, 2.24) is 0 Å². The molecule has 0 fully saturated rings. The van der Waals surface area contributed by atoms with Gasteiger partial charge in [0.15, 0.2) is 0 Å². The summed E-state index contributed by atoms with van der Waals surface area (Å²) in [6, 6.07) is 17.8. The predicted octanol–water partition coefficient (Wildman–Crippen LogP) is 4.93. The molecule has 0 aliphatic carbocycles. The summed E-state index contributed by atoms with van der Waals surface area (Å²) in [5, 5.41) is 3.04. The Hall–Kier alpha value is -3.16. The van der Waals surface area contributed by atoms with Crippen LogP contribution in [0.3, 0.4) is 0 Å². The van der Waals surface area contributed by atoms with E-state index in [9.17, 15) is 17.6 Å². The minimum atomic E-state index is -3.79. The van der Waals surface area contributed by atoms with Gasteiger partial charge < -0.3 is 5.32 Å². The van der Waals surface area contributed by atoms with Gasteiger partial charge in [-0.1, -0.05) is 29.8 Å². The summed E-state index contributed by atoms with van der Waals surface area (Å²) >= 11 is 5.86. The standard InChI is InChI=1S/C21H16ClFN2O3S/c22-16-2-1-3-19(14-16)25-29(27,28)20-11-9-18(10-12-20)24-21(26)13-6-15-4-7-17(23)8-5-15/h1-14,25H,(H,24,26)/b13-6+. The molecule has 0 aromatic heterocycles. The number of hydrogen-bond acceptors (Lipinski definition) is 3. The summed E-state index contributed by atoms with van der Waals surface area (Å²) in [7, 11) is -3.79. The molecular formula is C21H16ClFN2O3S. The molecule has 0 bridgehead atoms. The number of anilines is 2. The van der Waals surface area contributed by atoms with Crippen LogP contribution in [0, 0.1) is 5.82 Å². The maximum atomic E-state index is 12.9. The highest BCUT2D eigenvalue weighted by Gasteiger charge is 2.14. The fourth-order valence-corrected chi connectivity index (χ4v) is 3.65. The smallest absolute Gasteiger partial charge is 0.261 e. The van der Waals surface area contributed by atoms with Crippen molar-refractivity contribution >= 4 is 45.0 Å². The van der Waals surface area contributed by atoms with Crippen molar-refractivity contribution in [2.24, 2.45) is 0 Å². The van der Waals surface area contributed by atoms with Crippen molar-refractivity contribution in [3.8, 4) is 0 Å². The lowest BCUT2D eigenvalue weighted by atomic mass is 10.2. The maximum absolute atomic E-state index is 12.9. The number of carbonyl (C=O) groups excluding carboxylic acids is 1. The van der Waals surface area contributed by atoms with Gasteiger partial charge in [-0.05, 0) is 66.2 Å². The molecule has 2 N–H and O–H groups in total. The summed E-state index contributed by atoms with van der Waals surface area (Å²) in [6.45, 7) is 0. The molecule has 0 aliphatic rings. The second-order valence-corrected chi connectivity index (χ2v) is 8.13. The monoisotopic (exact) mass is 430 g/mol. The van der Waals surface area contributed by atoms with Crippen molar-refractivity contribution in [2.75, 3.05) is 10.0 Å². The average Bonchev–Trinajstić information content (AvgIpc) is 2.68. The van der Waals surface area contributed by atoms with Gasteiger partial charge in [-0.25, -0.2) is 12.8 Å². The third-order valence-electron chi connectivity index (χ3n) is 3.81. The minimum Gasteiger partial charge on any atom is -0.323 e. The third-order valence-corrected chi connectivity index (χ3v) is 5.44. The number of nitrogens with one attached hydrogen (secondary N) is 2. The van der Waals surface area contributed by atoms with E-state index < -0.39 is 15.9 Å². The van der Waals surface area contributed by atoms with Gasteiger partial charge in [-0.2, -0.15) is 0 Å². The van der Waals surface area contributed by atoms with Gasteiger partial charge in [0.2, 0.25) is 5.91 Å². The molecule has 0 radical (unpaired) electrons. The van der Waals surface area contributed by atoms with Crippen LogP contribution in [-0.2, 0) is 14.8 Å². The van der Waals surface area contributed by atoms with E-state index in [-0.39, 0.29) is 10.7 Å². The highest BCUT2D eigenvalue weighted by molar-refractivity contribution is 7.92. The normalized spacial score (nSPS) is 11.4. The van der Waals surface area contributed by atoms with Crippen LogP contribution in [0.1, 0.15) is 5.56 Å². The number of rotatable bonds is 6. The summed E-state index contributed by atoms with van der Waals surface area (Å²) in [5.41, 5.74) is 1.45. The van der Waals surface area contributed by atoms with E-state index in [0.29, 0.717) is 22.0 Å². The van der Waals surface area contributed by atoms with Crippen molar-refractivity contribution in [2.45, 2.75) is 4.90 Å². The summed E-state index contributed by atoms with van der Waals surface area (Å²) < 4.78 is 40.2. The molecule has 1 amide bonds. The lowest BCUT2D eigenvalue weighted by Crippen LogP contribution is -2.13. The summed E-state index contributed by atoms with van der Waals surface area (Å²) in [5.74, 6) is -0.756. The van der Waals surface area contributed by atoms with E-state index in [1.807, 2.05) is 0 Å². The fraction of sp³-hybridized carbons (Fsp3) is 0. The van der Waals surface area contributed by atoms with Gasteiger partial charge >= 0.3 is 0 Å². The maximum Gasteiger partial charge on any atom is 0.261 e. The molecule has 0 saturated heterocycles. The number of carbonyl (C=O) groups is 1. The predicted molar refractivity (Wildman–Crippen MR) is 113 cm³/mol. The van der Waals surface area contributed by atoms with Crippen molar-refractivity contribution in [3.63, 3.8) is 0 Å². The van der Waals surface area contributed by atoms with Gasteiger partial charge in [0, 0.05) is 16.8 Å². The van der Waals surface area contributed by atoms with E-state index in [1.165, 1.54) is 48.5 Å². The molecule has 0 unspecified atom stereocenters. The molecule has 8 heteroatoms. The van der Waals surface area contributed by atoms with Gasteiger partial charge in [0.1, 0.15) is 5.82 Å². The first-order chi connectivity index (χ1) is 13.8. The Bertz CT molecular complexity index is 1150. The molecule has 3 aromatic carbocycles. The second kappa shape index (κ2) is 8.89. The lowest BCUT2D eigenvalue weighted by Gasteiger charge is -2.09. The van der Waals surface area contributed by atoms with Crippen LogP contribution in [0.2, 0.25) is 5.02 Å². The largest absolute Gasteiger partial charge is 0.323 e. The molecule has 29 heavy (non-hydrogen) atoms. The van der Waals surface area contributed by atoms with Crippen LogP contribution >= 0.6 is 11.6 Å². The summed E-state index contributed by atoms with van der Waals surface area (Å²) in [4.78, 5) is 12.0. The molecule has 0 spiro atoms. The zero-order valence-corrected chi connectivity index (χ0v) is 16.5. The highest BCUT2D eigenvalue weighted by atomic mass is 35.5. The second-order valence-electron chi connectivity index (χ2n) is 6.01. The number of hydrogen-bond donors (Lipinski definition) is 2. The Kier molecular flexibility index (Phi) is 6.31. The third kappa shape index (κ3) is 5.91. The van der Waals surface area contributed by atoms with Gasteiger partial charge in [0.25, 0.3) is 10.0 Å². The van der Waals surface area contributed by atoms with E-state index >= 15 is 0 Å². The fourth-order valence-electron chi connectivity index (χ4n) is 2.41. The molecule has 0 atom stereocenters. The molecule has 0 aliphatic heterocycles. The number of amides is 1. The van der Waals surface area contributed by atoms with Gasteiger partial charge in [-0.15, -0.1) is 0 Å². The quantitative estimate of drug-likeness (QED) is 0.544. The van der Waals surface area contributed by atoms with Crippen LogP contribution in [0.15, 0.2) is 83.8 Å². The van der Waals surface area contributed by atoms with E-state index in [0.717, 1.165) is 0 Å². The highest BCUT2D eigenvalue weighted by Crippen LogP contribution is 2.20. The Balaban J connectivity index is 1.64. The molecule has 148 valence electrons. The SMILES string of the molecule is O=C(/C=C/c1ccc(F)cc1)Nc1ccc(S(=O)(=O)Nc2cccc(Cl)c2)cc1. The Morgan fingerprint density at radius 2 is 1.62 bits per heavy atom. The van der Waals surface area contributed by atoms with E-state index in [4.69, 9.17) is 11.6 Å². The zero-order chi connectivity index (χ0) is 20.9. The zero-order valence-electron chi connectivity index (χ0n) is 15.0. The van der Waals surface area contributed by atoms with Crippen LogP contribution < -0.4 is 10.0 Å².